The molecule has 1 aromatic heterocycles. The predicted octanol–water partition coefficient (Wildman–Crippen LogP) is 5.20. The molecule has 0 spiro atoms. The molecule has 2 heterocycles. The standard InChI is InChI=1S/C26H23N5O/c1-17-11-13-20(14-12-17)23-16-22(19-8-4-3-5-9-19)27-26-29-25(30-31(23)26)28-24(32)21-10-6-7-18(2)15-21/h3-16,23H,1-2H3,(H2,27,28,29,30,32). The molecule has 3 aromatic carbocycles. The number of allylic oxidation sites excluding steroid dienone is 1. The van der Waals surface area contributed by atoms with E-state index < -0.39 is 0 Å². The monoisotopic (exact) mass is 421 g/mol. The molecule has 0 fully saturated rings. The lowest BCUT2D eigenvalue weighted by atomic mass is 10.0. The molecule has 0 radical (unpaired) electrons. The Hall–Kier alpha value is -4.19. The van der Waals surface area contributed by atoms with Gasteiger partial charge in [-0.05, 0) is 43.2 Å². The Labute approximate surface area is 186 Å². The molecular formula is C26H23N5O. The number of aromatic nitrogens is 3. The minimum Gasteiger partial charge on any atom is -0.324 e. The summed E-state index contributed by atoms with van der Waals surface area (Å²) in [5, 5.41) is 10.8. The Morgan fingerprint density at radius 2 is 1.72 bits per heavy atom. The van der Waals surface area contributed by atoms with E-state index in [2.05, 4.69) is 70.1 Å². The summed E-state index contributed by atoms with van der Waals surface area (Å²) in [4.78, 5) is 17.3. The van der Waals surface area contributed by atoms with E-state index in [9.17, 15) is 4.79 Å². The van der Waals surface area contributed by atoms with Crippen LogP contribution in [0.4, 0.5) is 11.9 Å². The molecule has 1 aliphatic heterocycles. The number of rotatable bonds is 4. The van der Waals surface area contributed by atoms with Crippen LogP contribution in [0, 0.1) is 13.8 Å². The third-order valence-electron chi connectivity index (χ3n) is 5.48. The average Bonchev–Trinajstić information content (AvgIpc) is 3.22. The number of carbonyl (C=O) groups excluding carboxylic acids is 1. The quantitative estimate of drug-likeness (QED) is 0.475. The summed E-state index contributed by atoms with van der Waals surface area (Å²) in [5.74, 6) is 0.607. The molecule has 4 aromatic rings. The maximum atomic E-state index is 12.7. The van der Waals surface area contributed by atoms with Gasteiger partial charge in [0.15, 0.2) is 0 Å². The maximum Gasteiger partial charge on any atom is 0.258 e. The van der Waals surface area contributed by atoms with Gasteiger partial charge in [-0.25, -0.2) is 4.68 Å². The average molecular weight is 422 g/mol. The van der Waals surface area contributed by atoms with Gasteiger partial charge in [0.1, 0.15) is 6.04 Å². The molecule has 1 unspecified atom stereocenters. The molecule has 2 N–H and O–H groups in total. The van der Waals surface area contributed by atoms with E-state index in [-0.39, 0.29) is 17.9 Å². The van der Waals surface area contributed by atoms with E-state index in [0.29, 0.717) is 11.5 Å². The van der Waals surface area contributed by atoms with Gasteiger partial charge in [0, 0.05) is 11.3 Å². The summed E-state index contributed by atoms with van der Waals surface area (Å²) < 4.78 is 1.81. The van der Waals surface area contributed by atoms with E-state index in [1.54, 1.807) is 6.07 Å². The van der Waals surface area contributed by atoms with Crippen LogP contribution in [0.2, 0.25) is 0 Å². The van der Waals surface area contributed by atoms with Crippen molar-refractivity contribution in [1.82, 2.24) is 14.8 Å². The van der Waals surface area contributed by atoms with Crippen LogP contribution < -0.4 is 10.6 Å². The zero-order chi connectivity index (χ0) is 22.1. The van der Waals surface area contributed by atoms with Gasteiger partial charge in [0.05, 0.1) is 0 Å². The molecule has 158 valence electrons. The van der Waals surface area contributed by atoms with Crippen molar-refractivity contribution < 1.29 is 4.79 Å². The Kier molecular flexibility index (Phi) is 5.03. The van der Waals surface area contributed by atoms with Gasteiger partial charge in [-0.2, -0.15) is 4.98 Å². The number of fused-ring (bicyclic) bond motifs is 1. The molecule has 32 heavy (non-hydrogen) atoms. The first kappa shape index (κ1) is 19.8. The Balaban J connectivity index is 1.51. The lowest BCUT2D eigenvalue weighted by molar-refractivity contribution is 0.102. The smallest absolute Gasteiger partial charge is 0.258 e. The van der Waals surface area contributed by atoms with Gasteiger partial charge < -0.3 is 5.32 Å². The van der Waals surface area contributed by atoms with E-state index in [1.807, 2.05) is 48.0 Å². The van der Waals surface area contributed by atoms with Crippen molar-refractivity contribution >= 4 is 23.5 Å². The third-order valence-corrected chi connectivity index (χ3v) is 5.48. The zero-order valence-corrected chi connectivity index (χ0v) is 17.9. The minimum atomic E-state index is -0.236. The van der Waals surface area contributed by atoms with Crippen molar-refractivity contribution in [1.29, 1.82) is 0 Å². The highest BCUT2D eigenvalue weighted by Gasteiger charge is 2.26. The van der Waals surface area contributed by atoms with Gasteiger partial charge in [-0.1, -0.05) is 77.9 Å². The van der Waals surface area contributed by atoms with Crippen LogP contribution in [0.15, 0.2) is 84.9 Å². The number of aryl methyl sites for hydroxylation is 2. The first-order chi connectivity index (χ1) is 15.6. The molecule has 0 saturated heterocycles. The second-order valence-electron chi connectivity index (χ2n) is 7.95. The molecule has 6 nitrogen and oxygen atoms in total. The van der Waals surface area contributed by atoms with Crippen LogP contribution in [-0.4, -0.2) is 20.7 Å². The fourth-order valence-corrected chi connectivity index (χ4v) is 3.79. The van der Waals surface area contributed by atoms with Crippen molar-refractivity contribution in [2.45, 2.75) is 19.9 Å². The van der Waals surface area contributed by atoms with Gasteiger partial charge in [-0.3, -0.25) is 10.1 Å². The van der Waals surface area contributed by atoms with Crippen LogP contribution in [0.25, 0.3) is 5.70 Å². The molecule has 1 atom stereocenters. The molecular weight excluding hydrogens is 398 g/mol. The number of hydrogen-bond acceptors (Lipinski definition) is 4. The van der Waals surface area contributed by atoms with E-state index >= 15 is 0 Å². The zero-order valence-electron chi connectivity index (χ0n) is 17.9. The minimum absolute atomic E-state index is 0.154. The largest absolute Gasteiger partial charge is 0.324 e. The second kappa shape index (κ2) is 8.15. The van der Waals surface area contributed by atoms with Crippen LogP contribution in [0.5, 0.6) is 0 Å². The Morgan fingerprint density at radius 3 is 2.47 bits per heavy atom. The lowest BCUT2D eigenvalue weighted by Crippen LogP contribution is -2.20. The second-order valence-corrected chi connectivity index (χ2v) is 7.95. The third kappa shape index (κ3) is 3.90. The number of anilines is 2. The van der Waals surface area contributed by atoms with Gasteiger partial charge in [-0.15, -0.1) is 5.10 Å². The van der Waals surface area contributed by atoms with Crippen molar-refractivity contribution in [3.8, 4) is 0 Å². The molecule has 1 aliphatic rings. The lowest BCUT2D eigenvalue weighted by Gasteiger charge is -2.24. The number of carbonyl (C=O) groups is 1. The summed E-state index contributed by atoms with van der Waals surface area (Å²) in [6.45, 7) is 4.02. The Morgan fingerprint density at radius 1 is 0.938 bits per heavy atom. The van der Waals surface area contributed by atoms with Crippen molar-refractivity contribution in [2.24, 2.45) is 0 Å². The van der Waals surface area contributed by atoms with E-state index in [4.69, 9.17) is 0 Å². The first-order valence-electron chi connectivity index (χ1n) is 10.5. The molecule has 0 aliphatic carbocycles. The number of benzene rings is 3. The first-order valence-corrected chi connectivity index (χ1v) is 10.5. The van der Waals surface area contributed by atoms with Gasteiger partial charge in [0.2, 0.25) is 5.95 Å². The highest BCUT2D eigenvalue weighted by molar-refractivity contribution is 6.03. The SMILES string of the molecule is Cc1ccc(C2C=C(c3ccccc3)Nc3nc(NC(=O)c4cccc(C)c4)nn32)cc1. The highest BCUT2D eigenvalue weighted by atomic mass is 16.1. The fraction of sp³-hybridized carbons (Fsp3) is 0.115. The van der Waals surface area contributed by atoms with E-state index in [1.165, 1.54) is 5.56 Å². The number of nitrogens with one attached hydrogen (secondary N) is 2. The predicted molar refractivity (Wildman–Crippen MR) is 127 cm³/mol. The Bertz CT molecular complexity index is 1310. The van der Waals surface area contributed by atoms with Crippen molar-refractivity contribution in [3.63, 3.8) is 0 Å². The molecule has 5 rings (SSSR count). The fourth-order valence-electron chi connectivity index (χ4n) is 3.79. The van der Waals surface area contributed by atoms with Crippen LogP contribution in [0.3, 0.4) is 0 Å². The van der Waals surface area contributed by atoms with Crippen LogP contribution >= 0.6 is 0 Å². The summed E-state index contributed by atoms with van der Waals surface area (Å²) in [6.07, 6.45) is 2.13. The molecule has 6 heteroatoms. The van der Waals surface area contributed by atoms with Crippen LogP contribution in [0.1, 0.15) is 38.7 Å². The normalized spacial score (nSPS) is 14.8. The summed E-state index contributed by atoms with van der Waals surface area (Å²) >= 11 is 0. The van der Waals surface area contributed by atoms with Gasteiger partial charge >= 0.3 is 0 Å². The summed E-state index contributed by atoms with van der Waals surface area (Å²) in [6, 6.07) is 25.8. The maximum absolute atomic E-state index is 12.7. The molecule has 0 saturated carbocycles. The molecule has 0 bridgehead atoms. The van der Waals surface area contributed by atoms with Crippen LogP contribution in [-0.2, 0) is 0 Å². The number of amides is 1. The van der Waals surface area contributed by atoms with Gasteiger partial charge in [0.25, 0.3) is 11.9 Å². The molecule has 1 amide bonds. The summed E-state index contributed by atoms with van der Waals surface area (Å²) in [5.41, 5.74) is 5.89. The highest BCUT2D eigenvalue weighted by Crippen LogP contribution is 2.33. The topological polar surface area (TPSA) is 71.8 Å². The van der Waals surface area contributed by atoms with Crippen molar-refractivity contribution in [3.05, 3.63) is 113 Å². The van der Waals surface area contributed by atoms with Crippen molar-refractivity contribution in [2.75, 3.05) is 10.6 Å². The van der Waals surface area contributed by atoms with E-state index in [0.717, 1.165) is 22.4 Å². The number of nitrogens with zero attached hydrogens (tertiary/aromatic N) is 3. The number of hydrogen-bond donors (Lipinski definition) is 2. The summed E-state index contributed by atoms with van der Waals surface area (Å²) in [7, 11) is 0.